The summed E-state index contributed by atoms with van der Waals surface area (Å²) in [6, 6.07) is 0.583. The van der Waals surface area contributed by atoms with E-state index in [9.17, 15) is 4.79 Å². The molecule has 2 aliphatic heterocycles. The van der Waals surface area contributed by atoms with Crippen LogP contribution in [0.15, 0.2) is 0 Å². The van der Waals surface area contributed by atoms with Crippen LogP contribution < -0.4 is 5.32 Å². The van der Waals surface area contributed by atoms with Crippen LogP contribution in [-0.2, 0) is 4.79 Å². The van der Waals surface area contributed by atoms with E-state index >= 15 is 0 Å². The van der Waals surface area contributed by atoms with Crippen LogP contribution in [0.2, 0.25) is 0 Å². The van der Waals surface area contributed by atoms with Crippen molar-refractivity contribution in [2.24, 2.45) is 0 Å². The average molecular weight is 330 g/mol. The summed E-state index contributed by atoms with van der Waals surface area (Å²) in [5.74, 6) is 2.51. The Morgan fingerprint density at radius 3 is 2.42 bits per heavy atom. The third-order valence-electron chi connectivity index (χ3n) is 3.68. The van der Waals surface area contributed by atoms with Crippen molar-refractivity contribution in [1.29, 1.82) is 0 Å². The molecule has 0 saturated carbocycles. The molecule has 2 heterocycles. The van der Waals surface area contributed by atoms with Gasteiger partial charge in [-0.3, -0.25) is 9.69 Å². The van der Waals surface area contributed by atoms with Crippen molar-refractivity contribution >= 4 is 42.5 Å². The highest BCUT2D eigenvalue weighted by atomic mass is 35.5. The highest BCUT2D eigenvalue weighted by Gasteiger charge is 2.23. The summed E-state index contributed by atoms with van der Waals surface area (Å²) < 4.78 is 0. The van der Waals surface area contributed by atoms with E-state index in [1.165, 1.54) is 12.8 Å². The van der Waals surface area contributed by atoms with Gasteiger partial charge < -0.3 is 10.2 Å². The first-order chi connectivity index (χ1) is 8.27. The minimum atomic E-state index is 0. The van der Waals surface area contributed by atoms with Gasteiger partial charge in [-0.1, -0.05) is 0 Å². The second kappa shape index (κ2) is 10.1. The molecule has 114 valence electrons. The number of hydrogen-bond acceptors (Lipinski definition) is 4. The molecule has 0 spiro atoms. The van der Waals surface area contributed by atoms with Gasteiger partial charge in [0.15, 0.2) is 0 Å². The molecule has 2 aliphatic rings. The summed E-state index contributed by atoms with van der Waals surface area (Å²) in [5.41, 5.74) is 0. The van der Waals surface area contributed by atoms with Crippen LogP contribution >= 0.6 is 36.6 Å². The molecule has 0 aromatic rings. The lowest BCUT2D eigenvalue weighted by Crippen LogP contribution is -2.48. The van der Waals surface area contributed by atoms with Crippen molar-refractivity contribution in [2.45, 2.75) is 18.9 Å². The first-order valence-electron chi connectivity index (χ1n) is 6.54. The zero-order valence-corrected chi connectivity index (χ0v) is 13.9. The van der Waals surface area contributed by atoms with Crippen LogP contribution in [-0.4, -0.2) is 73.0 Å². The highest BCUT2D eigenvalue weighted by molar-refractivity contribution is 7.99. The second-order valence-electron chi connectivity index (χ2n) is 4.89. The predicted molar refractivity (Wildman–Crippen MR) is 86.9 cm³/mol. The zero-order valence-electron chi connectivity index (χ0n) is 11.5. The van der Waals surface area contributed by atoms with Gasteiger partial charge in [-0.2, -0.15) is 11.8 Å². The molecule has 19 heavy (non-hydrogen) atoms. The SMILES string of the molecule is CN(CC(=O)N1CCSCC1)C1CCNCC1.Cl.Cl. The van der Waals surface area contributed by atoms with E-state index in [1.54, 1.807) is 0 Å². The molecule has 0 aliphatic carbocycles. The van der Waals surface area contributed by atoms with Crippen molar-refractivity contribution < 1.29 is 4.79 Å². The number of rotatable bonds is 3. The minimum Gasteiger partial charge on any atom is -0.340 e. The molecule has 0 aromatic carbocycles. The summed E-state index contributed by atoms with van der Waals surface area (Å²) in [4.78, 5) is 16.4. The number of carbonyl (C=O) groups excluding carboxylic acids is 1. The van der Waals surface area contributed by atoms with Gasteiger partial charge >= 0.3 is 0 Å². The first kappa shape index (κ1) is 19.3. The van der Waals surface area contributed by atoms with Crippen molar-refractivity contribution in [3.05, 3.63) is 0 Å². The quantitative estimate of drug-likeness (QED) is 0.840. The maximum atomic E-state index is 12.1. The predicted octanol–water partition coefficient (Wildman–Crippen LogP) is 1.09. The molecule has 2 rings (SSSR count). The fourth-order valence-corrected chi connectivity index (χ4v) is 3.41. The average Bonchev–Trinajstić information content (AvgIpc) is 2.40. The Morgan fingerprint density at radius 2 is 1.84 bits per heavy atom. The molecule has 2 fully saturated rings. The Balaban J connectivity index is 0.00000162. The molecule has 2 saturated heterocycles. The fourth-order valence-electron chi connectivity index (χ4n) is 2.50. The van der Waals surface area contributed by atoms with E-state index in [0.717, 1.165) is 37.7 Å². The van der Waals surface area contributed by atoms with E-state index in [-0.39, 0.29) is 24.8 Å². The van der Waals surface area contributed by atoms with E-state index < -0.39 is 0 Å². The van der Waals surface area contributed by atoms with Crippen LogP contribution in [0.3, 0.4) is 0 Å². The number of hydrogen-bond donors (Lipinski definition) is 1. The van der Waals surface area contributed by atoms with Gasteiger partial charge in [0.2, 0.25) is 5.91 Å². The third-order valence-corrected chi connectivity index (χ3v) is 4.62. The van der Waals surface area contributed by atoms with Gasteiger partial charge in [-0.15, -0.1) is 24.8 Å². The number of amides is 1. The number of likely N-dealkylation sites (N-methyl/N-ethyl adjacent to an activating group) is 1. The lowest BCUT2D eigenvalue weighted by Gasteiger charge is -2.33. The van der Waals surface area contributed by atoms with E-state index in [2.05, 4.69) is 17.3 Å². The Bertz CT molecular complexity index is 259. The number of thioether (sulfide) groups is 1. The lowest BCUT2D eigenvalue weighted by molar-refractivity contribution is -0.132. The van der Waals surface area contributed by atoms with Crippen LogP contribution in [0.4, 0.5) is 0 Å². The maximum absolute atomic E-state index is 12.1. The Hall–Kier alpha value is 0.320. The second-order valence-corrected chi connectivity index (χ2v) is 6.11. The smallest absolute Gasteiger partial charge is 0.236 e. The van der Waals surface area contributed by atoms with Gasteiger partial charge in [0, 0.05) is 30.6 Å². The monoisotopic (exact) mass is 329 g/mol. The van der Waals surface area contributed by atoms with Crippen LogP contribution in [0.1, 0.15) is 12.8 Å². The van der Waals surface area contributed by atoms with Gasteiger partial charge in [0.25, 0.3) is 0 Å². The normalized spacial score (nSPS) is 20.6. The molecule has 0 unspecified atom stereocenters. The summed E-state index contributed by atoms with van der Waals surface area (Å²) in [5, 5.41) is 3.36. The fraction of sp³-hybridized carbons (Fsp3) is 0.917. The van der Waals surface area contributed by atoms with Crippen LogP contribution in [0.5, 0.6) is 0 Å². The van der Waals surface area contributed by atoms with Crippen LogP contribution in [0, 0.1) is 0 Å². The molecule has 1 amide bonds. The molecule has 4 nitrogen and oxygen atoms in total. The topological polar surface area (TPSA) is 35.6 Å². The number of halogens is 2. The van der Waals surface area contributed by atoms with Crippen molar-refractivity contribution in [3.8, 4) is 0 Å². The number of nitrogens with one attached hydrogen (secondary N) is 1. The Morgan fingerprint density at radius 1 is 1.26 bits per heavy atom. The van der Waals surface area contributed by atoms with Crippen molar-refractivity contribution in [1.82, 2.24) is 15.1 Å². The number of nitrogens with zero attached hydrogens (tertiary/aromatic N) is 2. The minimum absolute atomic E-state index is 0. The largest absolute Gasteiger partial charge is 0.340 e. The number of piperidine rings is 1. The van der Waals surface area contributed by atoms with Crippen molar-refractivity contribution in [2.75, 3.05) is 51.3 Å². The first-order valence-corrected chi connectivity index (χ1v) is 7.69. The third kappa shape index (κ3) is 6.08. The molecule has 7 heteroatoms. The van der Waals surface area contributed by atoms with Crippen molar-refractivity contribution in [3.63, 3.8) is 0 Å². The Kier molecular flexibility index (Phi) is 10.3. The van der Waals surface area contributed by atoms with Gasteiger partial charge in [-0.25, -0.2) is 0 Å². The van der Waals surface area contributed by atoms with Gasteiger partial charge in [0.1, 0.15) is 0 Å². The number of carbonyl (C=O) groups is 1. The summed E-state index contributed by atoms with van der Waals surface area (Å²) in [7, 11) is 2.09. The van der Waals surface area contributed by atoms with Gasteiger partial charge in [-0.05, 0) is 33.0 Å². The zero-order chi connectivity index (χ0) is 12.1. The summed E-state index contributed by atoms with van der Waals surface area (Å²) in [6.07, 6.45) is 2.33. The van der Waals surface area contributed by atoms with E-state index in [4.69, 9.17) is 0 Å². The summed E-state index contributed by atoms with van der Waals surface area (Å²) >= 11 is 1.95. The highest BCUT2D eigenvalue weighted by Crippen LogP contribution is 2.12. The molecular formula is C12H25Cl2N3OS. The molecule has 1 N–H and O–H groups in total. The maximum Gasteiger partial charge on any atom is 0.236 e. The van der Waals surface area contributed by atoms with Gasteiger partial charge in [0.05, 0.1) is 6.54 Å². The Labute approximate surface area is 132 Å². The van der Waals surface area contributed by atoms with Crippen LogP contribution in [0.25, 0.3) is 0 Å². The molecular weight excluding hydrogens is 305 g/mol. The molecule has 0 atom stereocenters. The standard InChI is InChI=1S/C12H23N3OS.2ClH/c1-14(11-2-4-13-5-3-11)10-12(16)15-6-8-17-9-7-15;;/h11,13H,2-10H2,1H3;2*1H. The van der Waals surface area contributed by atoms with E-state index in [0.29, 0.717) is 18.5 Å². The molecule has 0 aromatic heterocycles. The van der Waals surface area contributed by atoms with E-state index in [1.807, 2.05) is 16.7 Å². The lowest BCUT2D eigenvalue weighted by atomic mass is 10.1. The molecule has 0 bridgehead atoms. The molecule has 0 radical (unpaired) electrons. The summed E-state index contributed by atoms with van der Waals surface area (Å²) in [6.45, 7) is 4.63.